The Bertz CT molecular complexity index is 1010. The maximum atomic E-state index is 13.3. The van der Waals surface area contributed by atoms with Gasteiger partial charge in [-0.3, -0.25) is 4.90 Å². The van der Waals surface area contributed by atoms with Crippen LogP contribution in [0.3, 0.4) is 0 Å². The standard InChI is InChI=1S/C20H23F3N4OS/c1-3-15-24-19-27(25-15)18(28)17(29-19)16(26-9-5-6-12(2)11-26)13-7-4-8-14(10-13)20(21,22)23/h4,7-8,10,12,16,28H,3,5-6,9,11H2,1-2H3/t12-,16-/m0/s1. The Kier molecular flexibility index (Phi) is 5.29. The van der Waals surface area contributed by atoms with Crippen molar-refractivity contribution in [3.63, 3.8) is 0 Å². The van der Waals surface area contributed by atoms with Crippen molar-refractivity contribution in [3.05, 3.63) is 46.1 Å². The van der Waals surface area contributed by atoms with Crippen LogP contribution in [0, 0.1) is 5.92 Å². The minimum absolute atomic E-state index is 0.0437. The zero-order valence-corrected chi connectivity index (χ0v) is 17.1. The number of piperidine rings is 1. The predicted molar refractivity (Wildman–Crippen MR) is 105 cm³/mol. The van der Waals surface area contributed by atoms with Gasteiger partial charge < -0.3 is 5.11 Å². The summed E-state index contributed by atoms with van der Waals surface area (Å²) >= 11 is 1.29. The quantitative estimate of drug-likeness (QED) is 0.647. The van der Waals surface area contributed by atoms with Crippen molar-refractivity contribution < 1.29 is 18.3 Å². The molecule has 29 heavy (non-hydrogen) atoms. The average molecular weight is 424 g/mol. The minimum Gasteiger partial charge on any atom is -0.492 e. The van der Waals surface area contributed by atoms with Crippen molar-refractivity contribution in [2.75, 3.05) is 13.1 Å². The molecule has 0 unspecified atom stereocenters. The molecule has 9 heteroatoms. The lowest BCUT2D eigenvalue weighted by Crippen LogP contribution is -2.37. The van der Waals surface area contributed by atoms with Crippen LogP contribution >= 0.6 is 11.3 Å². The third-order valence-corrected chi connectivity index (χ3v) is 6.46. The molecule has 0 spiro atoms. The average Bonchev–Trinajstić information content (AvgIpc) is 3.21. The monoisotopic (exact) mass is 424 g/mol. The second kappa shape index (κ2) is 7.60. The molecule has 0 radical (unpaired) electrons. The van der Waals surface area contributed by atoms with Gasteiger partial charge in [-0.25, -0.2) is 4.98 Å². The molecule has 0 saturated carbocycles. The number of thiazole rings is 1. The summed E-state index contributed by atoms with van der Waals surface area (Å²) in [4.78, 5) is 7.71. The van der Waals surface area contributed by atoms with Crippen molar-refractivity contribution in [2.24, 2.45) is 5.92 Å². The second-order valence-electron chi connectivity index (χ2n) is 7.63. The van der Waals surface area contributed by atoms with Gasteiger partial charge in [0.05, 0.1) is 16.5 Å². The van der Waals surface area contributed by atoms with Crippen LogP contribution in [-0.2, 0) is 12.6 Å². The molecule has 3 heterocycles. The van der Waals surface area contributed by atoms with Crippen molar-refractivity contribution in [2.45, 2.75) is 45.3 Å². The van der Waals surface area contributed by atoms with E-state index in [1.165, 1.54) is 28.0 Å². The summed E-state index contributed by atoms with van der Waals surface area (Å²) in [6.07, 6.45) is -1.71. The summed E-state index contributed by atoms with van der Waals surface area (Å²) < 4.78 is 41.4. The van der Waals surface area contributed by atoms with Gasteiger partial charge in [0.15, 0.2) is 5.82 Å². The Labute approximate surface area is 170 Å². The molecule has 0 amide bonds. The van der Waals surface area contributed by atoms with Gasteiger partial charge in [0.1, 0.15) is 0 Å². The molecule has 3 aromatic rings. The van der Waals surface area contributed by atoms with Crippen LogP contribution in [0.4, 0.5) is 13.2 Å². The second-order valence-corrected chi connectivity index (χ2v) is 8.64. The van der Waals surface area contributed by atoms with Gasteiger partial charge in [-0.05, 0) is 43.0 Å². The molecule has 1 saturated heterocycles. The Hall–Kier alpha value is -2.13. The van der Waals surface area contributed by atoms with Crippen LogP contribution in [0.2, 0.25) is 0 Å². The van der Waals surface area contributed by atoms with E-state index >= 15 is 0 Å². The van der Waals surface area contributed by atoms with Crippen LogP contribution < -0.4 is 0 Å². The van der Waals surface area contributed by atoms with Crippen molar-refractivity contribution in [3.8, 4) is 5.88 Å². The highest BCUT2D eigenvalue weighted by Gasteiger charge is 2.35. The number of benzene rings is 1. The third-order valence-electron chi connectivity index (χ3n) is 5.39. The molecular weight excluding hydrogens is 401 g/mol. The fourth-order valence-electron chi connectivity index (χ4n) is 3.99. The van der Waals surface area contributed by atoms with E-state index in [9.17, 15) is 18.3 Å². The van der Waals surface area contributed by atoms with Gasteiger partial charge in [0, 0.05) is 13.0 Å². The van der Waals surface area contributed by atoms with E-state index in [4.69, 9.17) is 0 Å². The van der Waals surface area contributed by atoms with Crippen molar-refractivity contribution >= 4 is 16.3 Å². The third kappa shape index (κ3) is 3.85. The number of hydrogen-bond donors (Lipinski definition) is 1. The minimum atomic E-state index is -4.42. The summed E-state index contributed by atoms with van der Waals surface area (Å²) in [6, 6.07) is 4.93. The molecule has 2 atom stereocenters. The molecule has 1 aliphatic heterocycles. The van der Waals surface area contributed by atoms with Gasteiger partial charge in [-0.1, -0.05) is 37.3 Å². The molecule has 5 nitrogen and oxygen atoms in total. The predicted octanol–water partition coefficient (Wildman–Crippen LogP) is 4.90. The molecule has 1 aliphatic rings. The summed E-state index contributed by atoms with van der Waals surface area (Å²) in [5.74, 6) is 1.02. The van der Waals surface area contributed by atoms with Crippen LogP contribution in [0.15, 0.2) is 24.3 Å². The molecule has 156 valence electrons. The Morgan fingerprint density at radius 1 is 1.34 bits per heavy atom. The lowest BCUT2D eigenvalue weighted by atomic mass is 9.94. The highest BCUT2D eigenvalue weighted by Crippen LogP contribution is 2.42. The molecule has 4 rings (SSSR count). The topological polar surface area (TPSA) is 53.7 Å². The zero-order valence-electron chi connectivity index (χ0n) is 16.3. The Balaban J connectivity index is 1.83. The fourth-order valence-corrected chi connectivity index (χ4v) is 5.13. The number of alkyl halides is 3. The van der Waals surface area contributed by atoms with Crippen LogP contribution in [0.1, 0.15) is 54.6 Å². The van der Waals surface area contributed by atoms with Gasteiger partial charge in [0.2, 0.25) is 10.8 Å². The summed E-state index contributed by atoms with van der Waals surface area (Å²) in [5.41, 5.74) is -0.165. The number of nitrogens with zero attached hydrogens (tertiary/aromatic N) is 4. The van der Waals surface area contributed by atoms with E-state index in [0.717, 1.165) is 32.0 Å². The van der Waals surface area contributed by atoms with Gasteiger partial charge in [0.25, 0.3) is 0 Å². The number of hydrogen-bond acceptors (Lipinski definition) is 5. The largest absolute Gasteiger partial charge is 0.492 e. The first-order valence-electron chi connectivity index (χ1n) is 9.76. The first-order valence-corrected chi connectivity index (χ1v) is 10.6. The van der Waals surface area contributed by atoms with Gasteiger partial charge >= 0.3 is 6.18 Å². The Morgan fingerprint density at radius 3 is 2.79 bits per heavy atom. The van der Waals surface area contributed by atoms with Gasteiger partial charge in [-0.15, -0.1) is 5.10 Å². The number of aromatic nitrogens is 3. The number of fused-ring (bicyclic) bond motifs is 1. The van der Waals surface area contributed by atoms with Crippen molar-refractivity contribution in [1.29, 1.82) is 0 Å². The number of aryl methyl sites for hydroxylation is 1. The first-order chi connectivity index (χ1) is 13.8. The summed E-state index contributed by atoms with van der Waals surface area (Å²) in [5, 5.41) is 15.2. The molecule has 1 fully saturated rings. The summed E-state index contributed by atoms with van der Waals surface area (Å²) in [6.45, 7) is 5.59. The van der Waals surface area contributed by atoms with E-state index in [1.54, 1.807) is 6.07 Å². The zero-order chi connectivity index (χ0) is 20.8. The van der Waals surface area contributed by atoms with E-state index in [0.29, 0.717) is 33.6 Å². The SMILES string of the molecule is CCc1nc2sc([C@H](c3cccc(C(F)(F)F)c3)N3CCC[C@H](C)C3)c(O)n2n1. The number of rotatable bonds is 4. The van der Waals surface area contributed by atoms with Crippen LogP contribution in [-0.4, -0.2) is 37.7 Å². The lowest BCUT2D eigenvalue weighted by molar-refractivity contribution is -0.137. The maximum absolute atomic E-state index is 13.3. The highest BCUT2D eigenvalue weighted by molar-refractivity contribution is 7.17. The molecule has 0 aliphatic carbocycles. The number of halogens is 3. The Morgan fingerprint density at radius 2 is 2.14 bits per heavy atom. The molecule has 1 aromatic carbocycles. The fraction of sp³-hybridized carbons (Fsp3) is 0.500. The van der Waals surface area contributed by atoms with Gasteiger partial charge in [-0.2, -0.15) is 17.7 Å². The van der Waals surface area contributed by atoms with E-state index in [1.807, 2.05) is 6.92 Å². The number of likely N-dealkylation sites (tertiary alicyclic amines) is 1. The van der Waals surface area contributed by atoms with E-state index in [2.05, 4.69) is 21.9 Å². The first kappa shape index (κ1) is 20.2. The van der Waals surface area contributed by atoms with Crippen LogP contribution in [0.25, 0.3) is 4.96 Å². The van der Waals surface area contributed by atoms with Crippen molar-refractivity contribution in [1.82, 2.24) is 19.5 Å². The highest BCUT2D eigenvalue weighted by atomic mass is 32.1. The molecular formula is C20H23F3N4OS. The molecule has 0 bridgehead atoms. The lowest BCUT2D eigenvalue weighted by Gasteiger charge is -2.37. The number of aromatic hydroxyl groups is 1. The maximum Gasteiger partial charge on any atom is 0.416 e. The molecule has 1 N–H and O–H groups in total. The van der Waals surface area contributed by atoms with Crippen LogP contribution in [0.5, 0.6) is 5.88 Å². The van der Waals surface area contributed by atoms with E-state index in [-0.39, 0.29) is 5.88 Å². The summed E-state index contributed by atoms with van der Waals surface area (Å²) in [7, 11) is 0. The molecule has 2 aromatic heterocycles. The van der Waals surface area contributed by atoms with E-state index < -0.39 is 17.8 Å². The smallest absolute Gasteiger partial charge is 0.416 e. The normalized spacial score (nSPS) is 19.7.